The van der Waals surface area contributed by atoms with E-state index in [1.54, 1.807) is 0 Å². The number of benzene rings is 1. The highest BCUT2D eigenvalue weighted by molar-refractivity contribution is 7.99. The van der Waals surface area contributed by atoms with Crippen molar-refractivity contribution in [1.29, 1.82) is 5.26 Å². The molecule has 1 aromatic carbocycles. The van der Waals surface area contributed by atoms with E-state index in [-0.39, 0.29) is 5.91 Å². The normalized spacial score (nSPS) is 10.2. The topological polar surface area (TPSA) is 65.8 Å². The van der Waals surface area contributed by atoms with Gasteiger partial charge in [0.2, 0.25) is 5.91 Å². The van der Waals surface area contributed by atoms with Crippen LogP contribution in [0.3, 0.4) is 0 Å². The number of hydrogen-bond donors (Lipinski definition) is 1. The van der Waals surface area contributed by atoms with Crippen LogP contribution in [-0.4, -0.2) is 16.6 Å². The van der Waals surface area contributed by atoms with E-state index in [4.69, 9.17) is 0 Å². The Labute approximate surface area is 140 Å². The molecule has 0 aliphatic heterocycles. The highest BCUT2D eigenvalue weighted by Gasteiger charge is 2.10. The summed E-state index contributed by atoms with van der Waals surface area (Å²) in [7, 11) is 0. The first-order valence-electron chi connectivity index (χ1n) is 7.37. The Kier molecular flexibility index (Phi) is 5.78. The number of aryl methyl sites for hydroxylation is 3. The molecule has 0 radical (unpaired) electrons. The average molecular weight is 325 g/mol. The van der Waals surface area contributed by atoms with Gasteiger partial charge in [-0.2, -0.15) is 5.26 Å². The highest BCUT2D eigenvalue weighted by Crippen LogP contribution is 2.24. The molecule has 5 heteroatoms. The Balaban J connectivity index is 1.93. The first kappa shape index (κ1) is 17.0. The zero-order chi connectivity index (χ0) is 16.8. The lowest BCUT2D eigenvalue weighted by Crippen LogP contribution is -2.12. The van der Waals surface area contributed by atoms with Gasteiger partial charge in [-0.15, -0.1) is 11.8 Å². The van der Waals surface area contributed by atoms with Crippen LogP contribution < -0.4 is 5.32 Å². The minimum absolute atomic E-state index is 0.0361. The monoisotopic (exact) mass is 325 g/mol. The van der Waals surface area contributed by atoms with Crippen LogP contribution in [0.1, 0.15) is 28.8 Å². The highest BCUT2D eigenvalue weighted by atomic mass is 32.2. The van der Waals surface area contributed by atoms with E-state index < -0.39 is 0 Å². The Morgan fingerprint density at radius 2 is 2.09 bits per heavy atom. The molecule has 0 unspecified atom stereocenters. The van der Waals surface area contributed by atoms with E-state index in [9.17, 15) is 10.1 Å². The zero-order valence-corrected chi connectivity index (χ0v) is 14.3. The Hall–Kier alpha value is -2.32. The lowest BCUT2D eigenvalue weighted by molar-refractivity contribution is -0.115. The third-order valence-electron chi connectivity index (χ3n) is 3.29. The molecule has 0 aliphatic carbocycles. The standard InChI is InChI=1S/C18H19N3OS/c1-12-5-4-6-15(9-12)21-17(22)7-8-23-18-16(11-19)13(2)10-14(3)20-18/h4-6,9-10H,7-8H2,1-3H3,(H,21,22). The lowest BCUT2D eigenvalue weighted by atomic mass is 10.1. The lowest BCUT2D eigenvalue weighted by Gasteiger charge is -2.08. The van der Waals surface area contributed by atoms with Crippen molar-refractivity contribution >= 4 is 23.4 Å². The van der Waals surface area contributed by atoms with Gasteiger partial charge < -0.3 is 5.32 Å². The minimum atomic E-state index is -0.0361. The van der Waals surface area contributed by atoms with E-state index in [1.807, 2.05) is 51.1 Å². The van der Waals surface area contributed by atoms with E-state index in [0.717, 1.165) is 22.5 Å². The molecule has 2 rings (SSSR count). The number of nitriles is 1. The summed E-state index contributed by atoms with van der Waals surface area (Å²) in [6.45, 7) is 5.80. The van der Waals surface area contributed by atoms with Gasteiger partial charge in [-0.25, -0.2) is 4.98 Å². The molecule has 0 saturated heterocycles. The third kappa shape index (κ3) is 4.83. The van der Waals surface area contributed by atoms with Crippen molar-refractivity contribution in [1.82, 2.24) is 4.98 Å². The van der Waals surface area contributed by atoms with Crippen LogP contribution in [0.5, 0.6) is 0 Å². The van der Waals surface area contributed by atoms with Crippen molar-refractivity contribution in [2.24, 2.45) is 0 Å². The maximum atomic E-state index is 12.0. The molecular weight excluding hydrogens is 306 g/mol. The van der Waals surface area contributed by atoms with Crippen molar-refractivity contribution in [2.45, 2.75) is 32.2 Å². The summed E-state index contributed by atoms with van der Waals surface area (Å²) in [6, 6.07) is 11.8. The smallest absolute Gasteiger partial charge is 0.225 e. The molecule has 1 aromatic heterocycles. The number of amides is 1. The molecule has 0 spiro atoms. The van der Waals surface area contributed by atoms with Gasteiger partial charge in [0, 0.05) is 23.6 Å². The average Bonchev–Trinajstić information content (AvgIpc) is 2.46. The molecule has 2 aromatic rings. The minimum Gasteiger partial charge on any atom is -0.326 e. The molecule has 118 valence electrons. The van der Waals surface area contributed by atoms with E-state index in [0.29, 0.717) is 22.8 Å². The predicted octanol–water partition coefficient (Wildman–Crippen LogP) is 4.00. The van der Waals surface area contributed by atoms with Crippen LogP contribution in [0.25, 0.3) is 0 Å². The quantitative estimate of drug-likeness (QED) is 0.844. The third-order valence-corrected chi connectivity index (χ3v) is 4.27. The second-order valence-electron chi connectivity index (χ2n) is 5.39. The van der Waals surface area contributed by atoms with E-state index in [2.05, 4.69) is 16.4 Å². The molecule has 1 N–H and O–H groups in total. The molecule has 1 heterocycles. The Bertz CT molecular complexity index is 765. The summed E-state index contributed by atoms with van der Waals surface area (Å²) in [6.07, 6.45) is 0.373. The maximum absolute atomic E-state index is 12.0. The van der Waals surface area contributed by atoms with Crippen LogP contribution in [-0.2, 0) is 4.79 Å². The van der Waals surface area contributed by atoms with Crippen LogP contribution in [0.4, 0.5) is 5.69 Å². The van der Waals surface area contributed by atoms with Gasteiger partial charge in [0.05, 0.1) is 5.56 Å². The molecule has 0 bridgehead atoms. The maximum Gasteiger partial charge on any atom is 0.225 e. The summed E-state index contributed by atoms with van der Waals surface area (Å²) in [4.78, 5) is 16.4. The molecule has 0 aliphatic rings. The number of thioether (sulfide) groups is 1. The molecule has 1 amide bonds. The van der Waals surface area contributed by atoms with Gasteiger partial charge in [-0.1, -0.05) is 12.1 Å². The number of anilines is 1. The van der Waals surface area contributed by atoms with Crippen molar-refractivity contribution in [3.8, 4) is 6.07 Å². The fraction of sp³-hybridized carbons (Fsp3) is 0.278. The number of nitrogens with zero attached hydrogens (tertiary/aromatic N) is 2. The first-order chi connectivity index (χ1) is 11.0. The number of nitrogens with one attached hydrogen (secondary N) is 1. The van der Waals surface area contributed by atoms with Gasteiger partial charge in [0.25, 0.3) is 0 Å². The Morgan fingerprint density at radius 1 is 1.30 bits per heavy atom. The van der Waals surface area contributed by atoms with Gasteiger partial charge in [-0.05, 0) is 50.1 Å². The zero-order valence-electron chi connectivity index (χ0n) is 13.5. The van der Waals surface area contributed by atoms with Crippen molar-refractivity contribution in [3.63, 3.8) is 0 Å². The van der Waals surface area contributed by atoms with Gasteiger partial charge in [-0.3, -0.25) is 4.79 Å². The molecular formula is C18H19N3OS. The molecule has 0 fully saturated rings. The number of carbonyl (C=O) groups is 1. The molecule has 4 nitrogen and oxygen atoms in total. The number of aromatic nitrogens is 1. The first-order valence-corrected chi connectivity index (χ1v) is 8.36. The number of carbonyl (C=O) groups excluding carboxylic acids is 1. The van der Waals surface area contributed by atoms with Crippen LogP contribution in [0, 0.1) is 32.1 Å². The molecule has 0 atom stereocenters. The predicted molar refractivity (Wildman–Crippen MR) is 93.6 cm³/mol. The van der Waals surface area contributed by atoms with Gasteiger partial charge in [0.15, 0.2) is 0 Å². The van der Waals surface area contributed by atoms with E-state index >= 15 is 0 Å². The van der Waals surface area contributed by atoms with Gasteiger partial charge in [0.1, 0.15) is 11.1 Å². The Morgan fingerprint density at radius 3 is 2.78 bits per heavy atom. The largest absolute Gasteiger partial charge is 0.326 e. The SMILES string of the molecule is Cc1cccc(NC(=O)CCSc2nc(C)cc(C)c2C#N)c1. The fourth-order valence-electron chi connectivity index (χ4n) is 2.23. The number of pyridine rings is 1. The van der Waals surface area contributed by atoms with Crippen LogP contribution in [0.15, 0.2) is 35.4 Å². The number of hydrogen-bond acceptors (Lipinski definition) is 4. The fourth-order valence-corrected chi connectivity index (χ4v) is 3.27. The molecule has 23 heavy (non-hydrogen) atoms. The summed E-state index contributed by atoms with van der Waals surface area (Å²) >= 11 is 1.45. The van der Waals surface area contributed by atoms with E-state index in [1.165, 1.54) is 11.8 Å². The second-order valence-corrected chi connectivity index (χ2v) is 6.47. The summed E-state index contributed by atoms with van der Waals surface area (Å²) in [5.74, 6) is 0.549. The van der Waals surface area contributed by atoms with Crippen LogP contribution in [0.2, 0.25) is 0 Å². The summed E-state index contributed by atoms with van der Waals surface area (Å²) in [5, 5.41) is 12.8. The molecule has 0 saturated carbocycles. The number of rotatable bonds is 5. The van der Waals surface area contributed by atoms with Gasteiger partial charge >= 0.3 is 0 Å². The second kappa shape index (κ2) is 7.80. The summed E-state index contributed by atoms with van der Waals surface area (Å²) < 4.78 is 0. The van der Waals surface area contributed by atoms with Crippen molar-refractivity contribution < 1.29 is 4.79 Å². The van der Waals surface area contributed by atoms with Crippen molar-refractivity contribution in [2.75, 3.05) is 11.1 Å². The van der Waals surface area contributed by atoms with Crippen molar-refractivity contribution in [3.05, 3.63) is 52.7 Å². The van der Waals surface area contributed by atoms with Crippen LogP contribution >= 0.6 is 11.8 Å². The summed E-state index contributed by atoms with van der Waals surface area (Å²) in [5.41, 5.74) is 4.32.